The van der Waals surface area contributed by atoms with Gasteiger partial charge in [-0.1, -0.05) is 43.5 Å². The molecule has 41 heavy (non-hydrogen) atoms. The van der Waals surface area contributed by atoms with E-state index in [1.165, 1.54) is 25.7 Å². The minimum atomic E-state index is -0.245. The molecule has 3 aromatic heterocycles. The van der Waals surface area contributed by atoms with Crippen LogP contribution in [0.2, 0.25) is 5.15 Å². The summed E-state index contributed by atoms with van der Waals surface area (Å²) < 4.78 is 3.69. The summed E-state index contributed by atoms with van der Waals surface area (Å²) in [5.74, 6) is 0.638. The first-order valence-corrected chi connectivity index (χ1v) is 14.7. The average molecular weight is 571 g/mol. The van der Waals surface area contributed by atoms with Crippen molar-refractivity contribution < 1.29 is 4.79 Å². The number of halogens is 1. The molecule has 2 aliphatic rings. The number of nitrogens with zero attached hydrogens (tertiary/aromatic N) is 6. The maximum absolute atomic E-state index is 13.7. The monoisotopic (exact) mass is 570 g/mol. The summed E-state index contributed by atoms with van der Waals surface area (Å²) in [5, 5.41) is 25.0. The van der Waals surface area contributed by atoms with Crippen LogP contribution in [-0.4, -0.2) is 36.6 Å². The summed E-state index contributed by atoms with van der Waals surface area (Å²) in [7, 11) is 1.93. The number of pyridine rings is 1. The number of aryl methyl sites for hydroxylation is 1. The van der Waals surface area contributed by atoms with E-state index in [0.29, 0.717) is 40.4 Å². The molecule has 0 bridgehead atoms. The highest BCUT2D eigenvalue weighted by atomic mass is 35.5. The van der Waals surface area contributed by atoms with Gasteiger partial charge in [-0.25, -0.2) is 4.98 Å². The molecule has 0 aliphatic heterocycles. The lowest BCUT2D eigenvalue weighted by molar-refractivity contribution is 0.102. The highest BCUT2D eigenvalue weighted by Crippen LogP contribution is 2.50. The molecule has 2 aliphatic carbocycles. The van der Waals surface area contributed by atoms with Crippen molar-refractivity contribution in [3.05, 3.63) is 76.7 Å². The Morgan fingerprint density at radius 1 is 1.24 bits per heavy atom. The van der Waals surface area contributed by atoms with Crippen molar-refractivity contribution >= 4 is 28.8 Å². The fourth-order valence-corrected chi connectivity index (χ4v) is 6.82. The molecule has 10 heteroatoms. The molecule has 212 valence electrons. The minimum Gasteiger partial charge on any atom is -0.322 e. The fourth-order valence-electron chi connectivity index (χ4n) is 6.64. The van der Waals surface area contributed by atoms with Gasteiger partial charge in [-0.2, -0.15) is 5.26 Å². The molecule has 2 fully saturated rings. The van der Waals surface area contributed by atoms with Gasteiger partial charge < -0.3 is 15.2 Å². The second-order valence-corrected chi connectivity index (χ2v) is 12.6. The molecule has 2 saturated carbocycles. The Hall–Kier alpha value is -3.74. The summed E-state index contributed by atoms with van der Waals surface area (Å²) in [5.41, 5.74) is 3.83. The molecule has 0 atom stereocenters. The second-order valence-electron chi connectivity index (χ2n) is 12.2. The number of imidazole rings is 1. The molecule has 1 aromatic carbocycles. The number of rotatable bonds is 9. The van der Waals surface area contributed by atoms with Gasteiger partial charge in [0.2, 0.25) is 0 Å². The predicted octanol–water partition coefficient (Wildman–Crippen LogP) is 5.45. The van der Waals surface area contributed by atoms with Gasteiger partial charge in [-0.15, -0.1) is 10.2 Å². The van der Waals surface area contributed by atoms with Gasteiger partial charge in [-0.05, 0) is 60.4 Å². The number of aromatic nitrogens is 5. The molecule has 0 spiro atoms. The lowest BCUT2D eigenvalue weighted by atomic mass is 9.57. The van der Waals surface area contributed by atoms with Crippen LogP contribution in [0.1, 0.15) is 72.8 Å². The van der Waals surface area contributed by atoms with Gasteiger partial charge in [0.05, 0.1) is 17.8 Å². The highest BCUT2D eigenvalue weighted by Gasteiger charge is 2.46. The van der Waals surface area contributed by atoms with Crippen LogP contribution in [0, 0.1) is 22.7 Å². The van der Waals surface area contributed by atoms with Crippen LogP contribution in [-0.2, 0) is 25.4 Å². The van der Waals surface area contributed by atoms with Gasteiger partial charge in [0.1, 0.15) is 17.3 Å². The van der Waals surface area contributed by atoms with E-state index in [2.05, 4.69) is 44.9 Å². The number of carbonyl (C=O) groups excluding carboxylic acids is 1. The van der Waals surface area contributed by atoms with E-state index < -0.39 is 0 Å². The molecule has 9 nitrogen and oxygen atoms in total. The number of hydrogen-bond acceptors (Lipinski definition) is 6. The fraction of sp³-hybridized carbons (Fsp3) is 0.452. The van der Waals surface area contributed by atoms with E-state index in [0.717, 1.165) is 36.3 Å². The van der Waals surface area contributed by atoms with Crippen LogP contribution in [0.25, 0.3) is 5.65 Å². The normalized spacial score (nSPS) is 21.5. The molecular weight excluding hydrogens is 536 g/mol. The first kappa shape index (κ1) is 27.4. The largest absolute Gasteiger partial charge is 0.322 e. The van der Waals surface area contributed by atoms with E-state index in [9.17, 15) is 10.1 Å². The maximum Gasteiger partial charge on any atom is 0.259 e. The van der Waals surface area contributed by atoms with Crippen LogP contribution < -0.4 is 10.6 Å². The van der Waals surface area contributed by atoms with Gasteiger partial charge in [0.15, 0.2) is 5.65 Å². The van der Waals surface area contributed by atoms with Crippen LogP contribution in [0.3, 0.4) is 0 Å². The lowest BCUT2D eigenvalue weighted by Crippen LogP contribution is -2.43. The van der Waals surface area contributed by atoms with E-state index in [-0.39, 0.29) is 17.2 Å². The third-order valence-electron chi connectivity index (χ3n) is 9.04. The van der Waals surface area contributed by atoms with Crippen molar-refractivity contribution in [1.29, 1.82) is 5.26 Å². The van der Waals surface area contributed by atoms with E-state index in [1.54, 1.807) is 16.9 Å². The topological polar surface area (TPSA) is 113 Å². The van der Waals surface area contributed by atoms with E-state index >= 15 is 0 Å². The molecule has 0 unspecified atom stereocenters. The summed E-state index contributed by atoms with van der Waals surface area (Å²) in [6, 6.07) is 12.2. The predicted molar refractivity (Wildman–Crippen MR) is 158 cm³/mol. The molecule has 0 radical (unpaired) electrons. The first-order valence-electron chi connectivity index (χ1n) is 14.3. The molecule has 2 N–H and O–H groups in total. The Labute approximate surface area is 244 Å². The zero-order valence-electron chi connectivity index (χ0n) is 23.5. The number of hydrogen-bond donors (Lipinski definition) is 2. The lowest BCUT2D eigenvalue weighted by Gasteiger charge is -2.45. The highest BCUT2D eigenvalue weighted by molar-refractivity contribution is 6.30. The van der Waals surface area contributed by atoms with Crippen molar-refractivity contribution in [2.75, 3.05) is 11.9 Å². The summed E-state index contributed by atoms with van der Waals surface area (Å²) in [4.78, 5) is 18.1. The first-order chi connectivity index (χ1) is 19.8. The zero-order valence-corrected chi connectivity index (χ0v) is 24.3. The van der Waals surface area contributed by atoms with Crippen molar-refractivity contribution in [2.24, 2.45) is 18.4 Å². The van der Waals surface area contributed by atoms with Gasteiger partial charge in [0.25, 0.3) is 5.91 Å². The maximum atomic E-state index is 13.7. The number of benzene rings is 1. The van der Waals surface area contributed by atoms with Crippen molar-refractivity contribution in [3.63, 3.8) is 0 Å². The number of amides is 1. The Bertz CT molecular complexity index is 1620. The number of carbonyl (C=O) groups is 1. The summed E-state index contributed by atoms with van der Waals surface area (Å²) >= 11 is 6.44. The quantitative estimate of drug-likeness (QED) is 0.276. The van der Waals surface area contributed by atoms with Crippen LogP contribution in [0.4, 0.5) is 5.69 Å². The van der Waals surface area contributed by atoms with E-state index in [4.69, 9.17) is 11.6 Å². The number of fused-ring (bicyclic) bond motifs is 1. The van der Waals surface area contributed by atoms with Crippen molar-refractivity contribution in [1.82, 2.24) is 29.5 Å². The van der Waals surface area contributed by atoms with Crippen molar-refractivity contribution in [2.45, 2.75) is 63.8 Å². The molecule has 0 saturated heterocycles. The van der Waals surface area contributed by atoms with Gasteiger partial charge in [0, 0.05) is 49.8 Å². The SMILES string of the molecule is Cn1cnnc1CC1(c2cccc(NC(=O)c3cc(CNCC4(C)CCCC4)cn4c(Cl)cnc34)c2)CC(C#N)C1. The van der Waals surface area contributed by atoms with Gasteiger partial charge in [-0.3, -0.25) is 9.20 Å². The number of nitrogens with one attached hydrogen (secondary N) is 2. The molecule has 3 heterocycles. The van der Waals surface area contributed by atoms with Gasteiger partial charge >= 0.3 is 0 Å². The zero-order chi connectivity index (χ0) is 28.6. The smallest absolute Gasteiger partial charge is 0.259 e. The third-order valence-corrected chi connectivity index (χ3v) is 9.32. The average Bonchev–Trinajstić information content (AvgIpc) is 3.66. The number of nitriles is 1. The minimum absolute atomic E-state index is 0.00699. The second kappa shape index (κ2) is 10.9. The molecule has 1 amide bonds. The summed E-state index contributed by atoms with van der Waals surface area (Å²) in [6.45, 7) is 3.93. The standard InChI is InChI=1S/C31H35ClN8O/c1-30(8-3-4-9-30)19-34-16-21-10-25(28-35-17-26(32)40(28)18-21)29(41)37-24-7-5-6-23(11-24)31(12-22(13-31)15-33)14-27-38-36-20-39(27)2/h5-7,10-11,17-18,20,22,34H,3-4,8-9,12-14,16,19H2,1-2H3,(H,37,41). The molecular formula is C31H35ClN8O. The van der Waals surface area contributed by atoms with Crippen LogP contribution in [0.5, 0.6) is 0 Å². The Balaban J connectivity index is 1.23. The van der Waals surface area contributed by atoms with Crippen LogP contribution in [0.15, 0.2) is 49.1 Å². The molecule has 6 rings (SSSR count). The molecule has 4 aromatic rings. The summed E-state index contributed by atoms with van der Waals surface area (Å²) in [6.07, 6.45) is 12.5. The number of anilines is 1. The van der Waals surface area contributed by atoms with Crippen LogP contribution >= 0.6 is 11.6 Å². The third kappa shape index (κ3) is 5.46. The van der Waals surface area contributed by atoms with Crippen molar-refractivity contribution in [3.8, 4) is 6.07 Å². The Morgan fingerprint density at radius 2 is 2.05 bits per heavy atom. The van der Waals surface area contributed by atoms with E-state index in [1.807, 2.05) is 42.1 Å². The Morgan fingerprint density at radius 3 is 2.78 bits per heavy atom. The Kier molecular flexibility index (Phi) is 7.30.